The van der Waals surface area contributed by atoms with Gasteiger partial charge in [-0.1, -0.05) is 35.5 Å². The van der Waals surface area contributed by atoms with Crippen LogP contribution < -0.4 is 5.32 Å². The van der Waals surface area contributed by atoms with Crippen molar-refractivity contribution >= 4 is 11.8 Å². The number of carbonyl (C=O) groups is 1. The van der Waals surface area contributed by atoms with E-state index >= 15 is 0 Å². The Morgan fingerprint density at radius 1 is 1.40 bits per heavy atom. The molecule has 0 radical (unpaired) electrons. The van der Waals surface area contributed by atoms with E-state index in [1.165, 1.54) is 5.56 Å². The Morgan fingerprint density at radius 2 is 2.20 bits per heavy atom. The maximum atomic E-state index is 12.3. The smallest absolute Gasteiger partial charge is 0.323 e. The van der Waals surface area contributed by atoms with Crippen LogP contribution in [0.3, 0.4) is 0 Å². The number of likely N-dealkylation sites (tertiary alicyclic amines) is 1. The summed E-state index contributed by atoms with van der Waals surface area (Å²) in [7, 11) is 0. The summed E-state index contributed by atoms with van der Waals surface area (Å²) in [6.45, 7) is 2.56. The number of hydrogen-bond donors (Lipinski definition) is 1. The molecule has 3 rings (SSSR count). The van der Waals surface area contributed by atoms with Crippen LogP contribution in [0.5, 0.6) is 0 Å². The van der Waals surface area contributed by atoms with Crippen molar-refractivity contribution in [2.75, 3.05) is 11.9 Å². The molecule has 0 saturated carbocycles. The number of aryl methyl sites for hydroxylation is 1. The normalized spacial score (nSPS) is 18.2. The van der Waals surface area contributed by atoms with Gasteiger partial charge in [-0.15, -0.1) is 0 Å². The second kappa shape index (κ2) is 5.36. The summed E-state index contributed by atoms with van der Waals surface area (Å²) in [5, 5.41) is 6.58. The Labute approximate surface area is 117 Å². The fraction of sp³-hybridized carbons (Fsp3) is 0.333. The van der Waals surface area contributed by atoms with Crippen LogP contribution in [0.15, 0.2) is 40.9 Å². The number of benzene rings is 1. The van der Waals surface area contributed by atoms with Gasteiger partial charge in [0, 0.05) is 12.6 Å². The molecule has 1 fully saturated rings. The maximum Gasteiger partial charge on any atom is 0.323 e. The first-order valence-electron chi connectivity index (χ1n) is 6.80. The molecule has 0 aliphatic carbocycles. The average Bonchev–Trinajstić information content (AvgIpc) is 3.09. The third-order valence-corrected chi connectivity index (χ3v) is 3.56. The van der Waals surface area contributed by atoms with E-state index in [2.05, 4.69) is 22.6 Å². The fourth-order valence-electron chi connectivity index (χ4n) is 2.64. The Bertz CT molecular complexity index is 594. The van der Waals surface area contributed by atoms with Gasteiger partial charge in [-0.05, 0) is 25.3 Å². The molecule has 1 N–H and O–H groups in total. The molecule has 1 saturated heterocycles. The van der Waals surface area contributed by atoms with E-state index in [0.717, 1.165) is 19.4 Å². The average molecular weight is 271 g/mol. The minimum absolute atomic E-state index is 0.121. The zero-order valence-corrected chi connectivity index (χ0v) is 11.4. The number of urea groups is 1. The number of rotatable bonds is 2. The summed E-state index contributed by atoms with van der Waals surface area (Å²) in [6.07, 6.45) is 2.01. The number of nitrogens with zero attached hydrogens (tertiary/aromatic N) is 2. The minimum Gasteiger partial charge on any atom is -0.360 e. The molecule has 1 aliphatic heterocycles. The van der Waals surface area contributed by atoms with Gasteiger partial charge in [0.1, 0.15) is 5.76 Å². The fourth-order valence-corrected chi connectivity index (χ4v) is 2.64. The number of hydrogen-bond acceptors (Lipinski definition) is 3. The van der Waals surface area contributed by atoms with Crippen LogP contribution >= 0.6 is 0 Å². The van der Waals surface area contributed by atoms with Crippen LogP contribution in [0.4, 0.5) is 10.6 Å². The summed E-state index contributed by atoms with van der Waals surface area (Å²) < 4.78 is 4.96. The standard InChI is InChI=1S/C15H17N3O2/c1-11-10-14(17-20-11)16-15(19)18-9-5-8-13(18)12-6-3-2-4-7-12/h2-4,6-7,10,13H,5,8-9H2,1H3,(H,16,17,19)/t13-/m0/s1. The van der Waals surface area contributed by atoms with Crippen molar-refractivity contribution in [3.05, 3.63) is 47.7 Å². The van der Waals surface area contributed by atoms with E-state index in [9.17, 15) is 4.79 Å². The van der Waals surface area contributed by atoms with Crippen LogP contribution in [0.1, 0.15) is 30.2 Å². The molecule has 5 heteroatoms. The monoisotopic (exact) mass is 271 g/mol. The molecule has 2 heterocycles. The van der Waals surface area contributed by atoms with Gasteiger partial charge in [-0.2, -0.15) is 0 Å². The van der Waals surface area contributed by atoms with Crippen molar-refractivity contribution in [2.24, 2.45) is 0 Å². The number of nitrogens with one attached hydrogen (secondary N) is 1. The highest BCUT2D eigenvalue weighted by Gasteiger charge is 2.30. The molecular weight excluding hydrogens is 254 g/mol. The highest BCUT2D eigenvalue weighted by atomic mass is 16.5. The number of carbonyl (C=O) groups excluding carboxylic acids is 1. The van der Waals surface area contributed by atoms with Gasteiger partial charge in [0.05, 0.1) is 6.04 Å². The van der Waals surface area contributed by atoms with Crippen molar-refractivity contribution < 1.29 is 9.32 Å². The summed E-state index contributed by atoms with van der Waals surface area (Å²) in [5.41, 5.74) is 1.18. The Hall–Kier alpha value is -2.30. The number of anilines is 1. The van der Waals surface area contributed by atoms with Gasteiger partial charge in [0.2, 0.25) is 0 Å². The van der Waals surface area contributed by atoms with Crippen LogP contribution in [-0.4, -0.2) is 22.6 Å². The SMILES string of the molecule is Cc1cc(NC(=O)N2CCC[C@H]2c2ccccc2)no1. The van der Waals surface area contributed by atoms with E-state index in [1.807, 2.05) is 23.1 Å². The first-order valence-corrected chi connectivity index (χ1v) is 6.80. The topological polar surface area (TPSA) is 58.4 Å². The number of amides is 2. The molecule has 0 unspecified atom stereocenters. The molecule has 1 aromatic heterocycles. The Kier molecular flexibility index (Phi) is 3.41. The summed E-state index contributed by atoms with van der Waals surface area (Å²) >= 11 is 0. The van der Waals surface area contributed by atoms with Gasteiger partial charge >= 0.3 is 6.03 Å². The quantitative estimate of drug-likeness (QED) is 0.911. The molecule has 5 nitrogen and oxygen atoms in total. The predicted octanol–water partition coefficient (Wildman–Crippen LogP) is 3.35. The van der Waals surface area contributed by atoms with E-state index in [1.54, 1.807) is 13.0 Å². The zero-order valence-electron chi connectivity index (χ0n) is 11.4. The van der Waals surface area contributed by atoms with E-state index < -0.39 is 0 Å². The van der Waals surface area contributed by atoms with E-state index in [-0.39, 0.29) is 12.1 Å². The molecule has 0 bridgehead atoms. The molecular formula is C15H17N3O2. The molecule has 1 aromatic carbocycles. The lowest BCUT2D eigenvalue weighted by Gasteiger charge is -2.24. The molecule has 1 aliphatic rings. The van der Waals surface area contributed by atoms with E-state index in [0.29, 0.717) is 11.6 Å². The van der Waals surface area contributed by atoms with Crippen LogP contribution in [0.25, 0.3) is 0 Å². The van der Waals surface area contributed by atoms with Gasteiger partial charge in [-0.3, -0.25) is 5.32 Å². The Morgan fingerprint density at radius 3 is 2.90 bits per heavy atom. The molecule has 2 aromatic rings. The van der Waals surface area contributed by atoms with Crippen LogP contribution in [0.2, 0.25) is 0 Å². The lowest BCUT2D eigenvalue weighted by atomic mass is 10.1. The molecule has 1 atom stereocenters. The summed E-state index contributed by atoms with van der Waals surface area (Å²) in [5.74, 6) is 1.15. The van der Waals surface area contributed by atoms with Crippen molar-refractivity contribution in [2.45, 2.75) is 25.8 Å². The Balaban J connectivity index is 1.73. The van der Waals surface area contributed by atoms with Gasteiger partial charge in [-0.25, -0.2) is 4.79 Å². The predicted molar refractivity (Wildman–Crippen MR) is 75.4 cm³/mol. The second-order valence-electron chi connectivity index (χ2n) is 5.02. The van der Waals surface area contributed by atoms with Crippen molar-refractivity contribution in [1.29, 1.82) is 0 Å². The highest BCUT2D eigenvalue weighted by Crippen LogP contribution is 2.32. The van der Waals surface area contributed by atoms with Gasteiger partial charge < -0.3 is 9.42 Å². The third kappa shape index (κ3) is 2.52. The first kappa shape index (κ1) is 12.7. The van der Waals surface area contributed by atoms with Crippen LogP contribution in [-0.2, 0) is 0 Å². The van der Waals surface area contributed by atoms with E-state index in [4.69, 9.17) is 4.52 Å². The van der Waals surface area contributed by atoms with Gasteiger partial charge in [0.15, 0.2) is 5.82 Å². The molecule has 0 spiro atoms. The minimum atomic E-state index is -0.121. The van der Waals surface area contributed by atoms with Crippen LogP contribution in [0, 0.1) is 6.92 Å². The maximum absolute atomic E-state index is 12.3. The lowest BCUT2D eigenvalue weighted by Crippen LogP contribution is -2.34. The summed E-state index contributed by atoms with van der Waals surface area (Å²) in [4.78, 5) is 14.2. The van der Waals surface area contributed by atoms with Crippen molar-refractivity contribution in [1.82, 2.24) is 10.1 Å². The second-order valence-corrected chi connectivity index (χ2v) is 5.02. The largest absolute Gasteiger partial charge is 0.360 e. The zero-order chi connectivity index (χ0) is 13.9. The van der Waals surface area contributed by atoms with Crippen molar-refractivity contribution in [3.63, 3.8) is 0 Å². The van der Waals surface area contributed by atoms with Crippen molar-refractivity contribution in [3.8, 4) is 0 Å². The molecule has 20 heavy (non-hydrogen) atoms. The molecule has 2 amide bonds. The third-order valence-electron chi connectivity index (χ3n) is 3.56. The highest BCUT2D eigenvalue weighted by molar-refractivity contribution is 5.88. The molecule has 104 valence electrons. The number of aromatic nitrogens is 1. The first-order chi connectivity index (χ1) is 9.74. The lowest BCUT2D eigenvalue weighted by molar-refractivity contribution is 0.207. The van der Waals surface area contributed by atoms with Gasteiger partial charge in [0.25, 0.3) is 0 Å². The summed E-state index contributed by atoms with van der Waals surface area (Å²) in [6, 6.07) is 11.9.